The van der Waals surface area contributed by atoms with Crippen LogP contribution in [0.15, 0.2) is 60.9 Å². The van der Waals surface area contributed by atoms with E-state index in [1.54, 1.807) is 13.2 Å². The lowest BCUT2D eigenvalue weighted by molar-refractivity contribution is -0.143. The number of nitrogens with one attached hydrogen (secondary N) is 2. The number of aliphatic carboxylic acids is 1. The second-order valence-electron chi connectivity index (χ2n) is 9.06. The Morgan fingerprint density at radius 2 is 1.71 bits per heavy atom. The van der Waals surface area contributed by atoms with Crippen LogP contribution in [0, 0.1) is 5.92 Å². The molecule has 3 aromatic rings. The van der Waals surface area contributed by atoms with Crippen molar-refractivity contribution in [2.24, 2.45) is 13.0 Å². The zero-order valence-corrected chi connectivity index (χ0v) is 19.2. The zero-order chi connectivity index (χ0) is 24.5. The van der Waals surface area contributed by atoms with Gasteiger partial charge in [-0.05, 0) is 35.1 Å². The fourth-order valence-electron chi connectivity index (χ4n) is 4.89. The van der Waals surface area contributed by atoms with Crippen molar-refractivity contribution in [2.75, 3.05) is 6.61 Å². The Morgan fingerprint density at radius 3 is 2.29 bits per heavy atom. The van der Waals surface area contributed by atoms with Gasteiger partial charge in [0.25, 0.3) is 0 Å². The predicted molar refractivity (Wildman–Crippen MR) is 126 cm³/mol. The molecular formula is C26H26N4O5. The van der Waals surface area contributed by atoms with Crippen LogP contribution in [0.4, 0.5) is 4.79 Å². The molecule has 1 unspecified atom stereocenters. The molecule has 1 aromatic heterocycles. The maximum atomic E-state index is 12.5. The Hall–Kier alpha value is -4.14. The number of rotatable bonds is 7. The summed E-state index contributed by atoms with van der Waals surface area (Å²) in [6, 6.07) is 14.9. The van der Waals surface area contributed by atoms with Crippen molar-refractivity contribution in [2.45, 2.75) is 30.8 Å². The highest BCUT2D eigenvalue weighted by Crippen LogP contribution is 2.44. The highest BCUT2D eigenvalue weighted by atomic mass is 16.5. The van der Waals surface area contributed by atoms with E-state index in [-0.39, 0.29) is 30.4 Å². The minimum atomic E-state index is -1.16. The largest absolute Gasteiger partial charge is 0.479 e. The van der Waals surface area contributed by atoms with Crippen LogP contribution in [0.25, 0.3) is 11.1 Å². The number of alkyl carbamates (subject to hydrolysis) is 1. The van der Waals surface area contributed by atoms with Crippen LogP contribution in [0.5, 0.6) is 0 Å². The first-order valence-corrected chi connectivity index (χ1v) is 11.5. The summed E-state index contributed by atoms with van der Waals surface area (Å²) in [5, 5.41) is 18.8. The fourth-order valence-corrected chi connectivity index (χ4v) is 4.89. The first kappa shape index (κ1) is 22.6. The highest BCUT2D eigenvalue weighted by Gasteiger charge is 2.38. The molecule has 35 heavy (non-hydrogen) atoms. The van der Waals surface area contributed by atoms with Crippen LogP contribution in [-0.4, -0.2) is 45.5 Å². The number of carbonyl (C=O) groups is 3. The summed E-state index contributed by atoms with van der Waals surface area (Å²) in [6.07, 6.45) is 3.31. The molecule has 5 rings (SSSR count). The lowest BCUT2D eigenvalue weighted by Gasteiger charge is -2.35. The normalized spacial score (nSPS) is 19.1. The Morgan fingerprint density at radius 1 is 1.09 bits per heavy atom. The monoisotopic (exact) mass is 474 g/mol. The zero-order valence-electron chi connectivity index (χ0n) is 19.2. The van der Waals surface area contributed by atoms with Crippen LogP contribution in [0.2, 0.25) is 0 Å². The molecule has 0 bridgehead atoms. The van der Waals surface area contributed by atoms with E-state index in [4.69, 9.17) is 4.74 Å². The Kier molecular flexibility index (Phi) is 5.98. The number of nitrogens with zero attached hydrogens (tertiary/aromatic N) is 2. The molecular weight excluding hydrogens is 448 g/mol. The highest BCUT2D eigenvalue weighted by molar-refractivity contribution is 5.86. The average Bonchev–Trinajstić information content (AvgIpc) is 3.39. The Bertz CT molecular complexity index is 1230. The number of ether oxygens (including phenoxy) is 1. The van der Waals surface area contributed by atoms with E-state index in [1.807, 2.05) is 24.3 Å². The van der Waals surface area contributed by atoms with E-state index in [9.17, 15) is 19.5 Å². The molecule has 0 saturated heterocycles. The first-order valence-electron chi connectivity index (χ1n) is 11.5. The summed E-state index contributed by atoms with van der Waals surface area (Å²) in [7, 11) is 1.68. The molecule has 1 fully saturated rings. The van der Waals surface area contributed by atoms with Crippen molar-refractivity contribution in [1.82, 2.24) is 20.4 Å². The number of carboxylic acids is 1. The molecule has 0 radical (unpaired) electrons. The standard InChI is InChI=1S/C26H26N4O5/c1-30-13-16(12-27-30)23(25(32)33)29-24(31)15-10-17(11-15)28-26(34)35-14-22-20-8-4-2-6-18(20)19-7-3-5-9-21(19)22/h2-9,12-13,15,17,22-23H,10-11,14H2,1H3,(H,28,34)(H,29,31)(H,32,33). The van der Waals surface area contributed by atoms with Crippen LogP contribution in [0.3, 0.4) is 0 Å². The second-order valence-corrected chi connectivity index (χ2v) is 9.06. The third-order valence-electron chi connectivity index (χ3n) is 6.77. The maximum Gasteiger partial charge on any atom is 0.407 e. The van der Waals surface area contributed by atoms with Gasteiger partial charge < -0.3 is 20.5 Å². The van der Waals surface area contributed by atoms with Gasteiger partial charge in [-0.1, -0.05) is 48.5 Å². The number of aryl methyl sites for hydroxylation is 1. The van der Waals surface area contributed by atoms with Gasteiger partial charge in [0.2, 0.25) is 5.91 Å². The Labute approximate surface area is 202 Å². The summed E-state index contributed by atoms with van der Waals surface area (Å²) in [6.45, 7) is 0.224. The van der Waals surface area contributed by atoms with Crippen molar-refractivity contribution in [1.29, 1.82) is 0 Å². The van der Waals surface area contributed by atoms with E-state index in [2.05, 4.69) is 40.0 Å². The number of aromatic nitrogens is 2. The maximum absolute atomic E-state index is 12.5. The number of hydrogen-bond donors (Lipinski definition) is 3. The topological polar surface area (TPSA) is 123 Å². The van der Waals surface area contributed by atoms with Gasteiger partial charge in [-0.15, -0.1) is 0 Å². The van der Waals surface area contributed by atoms with Crippen LogP contribution < -0.4 is 10.6 Å². The van der Waals surface area contributed by atoms with Crippen molar-refractivity contribution >= 4 is 18.0 Å². The molecule has 9 heteroatoms. The fraction of sp³-hybridized carbons (Fsp3) is 0.308. The van der Waals surface area contributed by atoms with Gasteiger partial charge in [0.05, 0.1) is 6.20 Å². The molecule has 1 heterocycles. The molecule has 1 atom stereocenters. The summed E-state index contributed by atoms with van der Waals surface area (Å²) in [5.41, 5.74) is 5.01. The van der Waals surface area contributed by atoms with E-state index >= 15 is 0 Å². The van der Waals surface area contributed by atoms with Crippen molar-refractivity contribution in [3.05, 3.63) is 77.6 Å². The minimum Gasteiger partial charge on any atom is -0.479 e. The summed E-state index contributed by atoms with van der Waals surface area (Å²) >= 11 is 0. The third kappa shape index (κ3) is 4.49. The van der Waals surface area contributed by atoms with E-state index in [1.165, 1.54) is 10.9 Å². The van der Waals surface area contributed by atoms with Gasteiger partial charge in [0.15, 0.2) is 6.04 Å². The summed E-state index contributed by atoms with van der Waals surface area (Å²) < 4.78 is 7.04. The van der Waals surface area contributed by atoms with Gasteiger partial charge in [0, 0.05) is 36.7 Å². The van der Waals surface area contributed by atoms with Gasteiger partial charge in [-0.3, -0.25) is 9.48 Å². The molecule has 9 nitrogen and oxygen atoms in total. The van der Waals surface area contributed by atoms with Gasteiger partial charge in [-0.2, -0.15) is 5.10 Å². The number of hydrogen-bond acceptors (Lipinski definition) is 5. The predicted octanol–water partition coefficient (Wildman–Crippen LogP) is 2.98. The second kappa shape index (κ2) is 9.25. The van der Waals surface area contributed by atoms with Gasteiger partial charge in [-0.25, -0.2) is 9.59 Å². The van der Waals surface area contributed by atoms with E-state index < -0.39 is 18.1 Å². The molecule has 180 valence electrons. The molecule has 3 N–H and O–H groups in total. The molecule has 2 aliphatic rings. The lowest BCUT2D eigenvalue weighted by atomic mass is 9.79. The van der Waals surface area contributed by atoms with E-state index in [0.29, 0.717) is 18.4 Å². The number of carboxylic acid groups (broad SMARTS) is 1. The first-order chi connectivity index (χ1) is 16.9. The Balaban J connectivity index is 1.11. The number of fused-ring (bicyclic) bond motifs is 3. The average molecular weight is 475 g/mol. The minimum absolute atomic E-state index is 0.0199. The molecule has 0 aliphatic heterocycles. The summed E-state index contributed by atoms with van der Waals surface area (Å²) in [4.78, 5) is 36.6. The number of benzene rings is 2. The van der Waals surface area contributed by atoms with Crippen molar-refractivity contribution in [3.63, 3.8) is 0 Å². The molecule has 2 amide bonds. The van der Waals surface area contributed by atoms with Crippen LogP contribution >= 0.6 is 0 Å². The quantitative estimate of drug-likeness (QED) is 0.484. The molecule has 2 aromatic carbocycles. The summed E-state index contributed by atoms with van der Waals surface area (Å²) in [5.74, 6) is -1.90. The van der Waals surface area contributed by atoms with E-state index in [0.717, 1.165) is 22.3 Å². The number of carbonyl (C=O) groups excluding carboxylic acids is 2. The van der Waals surface area contributed by atoms with Crippen LogP contribution in [0.1, 0.15) is 41.5 Å². The third-order valence-corrected chi connectivity index (χ3v) is 6.77. The SMILES string of the molecule is Cn1cc(C(NC(=O)C2CC(NC(=O)OCC3c4ccccc4-c4ccccc43)C2)C(=O)O)cn1. The number of amides is 2. The molecule has 2 aliphatic carbocycles. The smallest absolute Gasteiger partial charge is 0.407 e. The molecule has 1 saturated carbocycles. The lowest BCUT2D eigenvalue weighted by Crippen LogP contribution is -2.50. The van der Waals surface area contributed by atoms with Gasteiger partial charge in [0.1, 0.15) is 6.61 Å². The van der Waals surface area contributed by atoms with Crippen molar-refractivity contribution < 1.29 is 24.2 Å². The van der Waals surface area contributed by atoms with Crippen molar-refractivity contribution in [3.8, 4) is 11.1 Å². The van der Waals surface area contributed by atoms with Crippen LogP contribution in [-0.2, 0) is 21.4 Å². The van der Waals surface area contributed by atoms with Gasteiger partial charge >= 0.3 is 12.1 Å². The molecule has 0 spiro atoms.